The lowest BCUT2D eigenvalue weighted by atomic mass is 10.1. The van der Waals surface area contributed by atoms with Gasteiger partial charge in [0.2, 0.25) is 5.91 Å². The second-order valence-corrected chi connectivity index (χ2v) is 5.30. The quantitative estimate of drug-likeness (QED) is 0.773. The van der Waals surface area contributed by atoms with Gasteiger partial charge >= 0.3 is 6.03 Å². The van der Waals surface area contributed by atoms with E-state index in [-0.39, 0.29) is 11.4 Å². The molecule has 0 spiro atoms. The molecule has 0 aromatic carbocycles. The third-order valence-corrected chi connectivity index (χ3v) is 2.18. The molecule has 104 valence electrons. The number of urea groups is 1. The van der Waals surface area contributed by atoms with Gasteiger partial charge in [-0.05, 0) is 39.8 Å². The summed E-state index contributed by atoms with van der Waals surface area (Å²) in [6.45, 7) is 7.28. The van der Waals surface area contributed by atoms with Crippen molar-refractivity contribution in [2.75, 3.05) is 5.32 Å². The van der Waals surface area contributed by atoms with Crippen molar-refractivity contribution in [3.05, 3.63) is 24.5 Å². The normalized spacial score (nSPS) is 12.4. The average Bonchev–Trinajstić information content (AvgIpc) is 2.27. The molecule has 0 aliphatic heterocycles. The van der Waals surface area contributed by atoms with Crippen molar-refractivity contribution in [2.24, 2.45) is 0 Å². The lowest BCUT2D eigenvalue weighted by Gasteiger charge is -2.23. The molecule has 0 aliphatic carbocycles. The Morgan fingerprint density at radius 3 is 2.32 bits per heavy atom. The predicted molar refractivity (Wildman–Crippen MR) is 73.7 cm³/mol. The van der Waals surface area contributed by atoms with Gasteiger partial charge in [0, 0.05) is 23.6 Å². The third-order valence-electron chi connectivity index (χ3n) is 2.18. The molecule has 19 heavy (non-hydrogen) atoms. The number of carbonyl (C=O) groups is 2. The van der Waals surface area contributed by atoms with Crippen molar-refractivity contribution in [1.29, 1.82) is 0 Å². The van der Waals surface area contributed by atoms with Gasteiger partial charge in [0.15, 0.2) is 0 Å². The number of amides is 3. The summed E-state index contributed by atoms with van der Waals surface area (Å²) in [6.07, 6.45) is 3.15. The van der Waals surface area contributed by atoms with Crippen LogP contribution in [0.4, 0.5) is 10.5 Å². The molecule has 0 aliphatic rings. The van der Waals surface area contributed by atoms with Crippen LogP contribution in [0.1, 0.15) is 27.7 Å². The molecule has 0 unspecified atom stereocenters. The Hall–Kier alpha value is -2.11. The molecule has 1 atom stereocenters. The van der Waals surface area contributed by atoms with Crippen LogP contribution in [0.5, 0.6) is 0 Å². The van der Waals surface area contributed by atoms with Gasteiger partial charge < -0.3 is 16.0 Å². The zero-order valence-corrected chi connectivity index (χ0v) is 11.7. The smallest absolute Gasteiger partial charge is 0.319 e. The van der Waals surface area contributed by atoms with Crippen LogP contribution < -0.4 is 16.0 Å². The predicted octanol–water partition coefficient (Wildman–Crippen LogP) is 1.51. The highest BCUT2D eigenvalue weighted by atomic mass is 16.2. The Balaban J connectivity index is 2.46. The summed E-state index contributed by atoms with van der Waals surface area (Å²) in [7, 11) is 0. The van der Waals surface area contributed by atoms with E-state index >= 15 is 0 Å². The van der Waals surface area contributed by atoms with Crippen molar-refractivity contribution >= 4 is 17.6 Å². The first-order chi connectivity index (χ1) is 8.78. The van der Waals surface area contributed by atoms with E-state index in [4.69, 9.17) is 0 Å². The number of carbonyl (C=O) groups excluding carboxylic acids is 2. The molecule has 0 saturated carbocycles. The van der Waals surface area contributed by atoms with Crippen molar-refractivity contribution < 1.29 is 9.59 Å². The molecule has 6 heteroatoms. The van der Waals surface area contributed by atoms with Crippen molar-refractivity contribution in [3.8, 4) is 0 Å². The van der Waals surface area contributed by atoms with Crippen LogP contribution in [0, 0.1) is 0 Å². The van der Waals surface area contributed by atoms with Gasteiger partial charge in [-0.3, -0.25) is 9.78 Å². The number of hydrogen-bond donors (Lipinski definition) is 3. The highest BCUT2D eigenvalue weighted by Crippen LogP contribution is 2.03. The fourth-order valence-corrected chi connectivity index (χ4v) is 1.34. The Morgan fingerprint density at radius 2 is 1.79 bits per heavy atom. The summed E-state index contributed by atoms with van der Waals surface area (Å²) in [5, 5.41) is 7.99. The molecule has 3 N–H and O–H groups in total. The SMILES string of the molecule is C[C@H](NC(=O)Nc1ccncc1)C(=O)NC(C)(C)C. The largest absolute Gasteiger partial charge is 0.350 e. The number of rotatable bonds is 3. The topological polar surface area (TPSA) is 83.1 Å². The summed E-state index contributed by atoms with van der Waals surface area (Å²) in [6, 6.07) is 2.29. The van der Waals surface area contributed by atoms with Crippen LogP contribution in [-0.4, -0.2) is 28.5 Å². The van der Waals surface area contributed by atoms with Gasteiger partial charge in [-0.15, -0.1) is 0 Å². The van der Waals surface area contributed by atoms with Crippen molar-refractivity contribution in [3.63, 3.8) is 0 Å². The number of hydrogen-bond acceptors (Lipinski definition) is 3. The van der Waals surface area contributed by atoms with Gasteiger partial charge in [0.25, 0.3) is 0 Å². The Morgan fingerprint density at radius 1 is 1.21 bits per heavy atom. The molecule has 0 bridgehead atoms. The highest BCUT2D eigenvalue weighted by Gasteiger charge is 2.20. The van der Waals surface area contributed by atoms with Crippen LogP contribution in [0.25, 0.3) is 0 Å². The summed E-state index contributed by atoms with van der Waals surface area (Å²) in [5.41, 5.74) is 0.296. The van der Waals surface area contributed by atoms with E-state index in [0.717, 1.165) is 0 Å². The van der Waals surface area contributed by atoms with E-state index in [2.05, 4.69) is 20.9 Å². The Labute approximate surface area is 113 Å². The number of nitrogens with zero attached hydrogens (tertiary/aromatic N) is 1. The van der Waals surface area contributed by atoms with Crippen LogP contribution in [0.15, 0.2) is 24.5 Å². The number of anilines is 1. The fraction of sp³-hybridized carbons (Fsp3) is 0.462. The van der Waals surface area contributed by atoms with E-state index in [1.807, 2.05) is 20.8 Å². The van der Waals surface area contributed by atoms with Crippen LogP contribution >= 0.6 is 0 Å². The monoisotopic (exact) mass is 264 g/mol. The van der Waals surface area contributed by atoms with Crippen LogP contribution in [0.2, 0.25) is 0 Å². The third kappa shape index (κ3) is 5.85. The minimum atomic E-state index is -0.610. The van der Waals surface area contributed by atoms with Gasteiger partial charge in [-0.25, -0.2) is 4.79 Å². The van der Waals surface area contributed by atoms with E-state index in [9.17, 15) is 9.59 Å². The van der Waals surface area contributed by atoms with Crippen LogP contribution in [-0.2, 0) is 4.79 Å². The number of aromatic nitrogens is 1. The fourth-order valence-electron chi connectivity index (χ4n) is 1.34. The first-order valence-corrected chi connectivity index (χ1v) is 6.07. The molecule has 1 aromatic rings. The maximum Gasteiger partial charge on any atom is 0.319 e. The average molecular weight is 264 g/mol. The number of nitrogens with one attached hydrogen (secondary N) is 3. The first kappa shape index (κ1) is 14.9. The van der Waals surface area contributed by atoms with E-state index < -0.39 is 12.1 Å². The molecule has 0 fully saturated rings. The summed E-state index contributed by atoms with van der Waals surface area (Å²) < 4.78 is 0. The van der Waals surface area contributed by atoms with E-state index in [1.54, 1.807) is 31.5 Å². The second kappa shape index (κ2) is 6.17. The lowest BCUT2D eigenvalue weighted by molar-refractivity contribution is -0.123. The molecule has 1 rings (SSSR count). The molecule has 0 saturated heterocycles. The summed E-state index contributed by atoms with van der Waals surface area (Å²) in [4.78, 5) is 27.3. The van der Waals surface area contributed by atoms with Gasteiger partial charge in [-0.1, -0.05) is 0 Å². The minimum absolute atomic E-state index is 0.225. The Bertz CT molecular complexity index is 440. The number of pyridine rings is 1. The Kier molecular flexibility index (Phi) is 4.86. The molecule has 0 radical (unpaired) electrons. The maximum atomic E-state index is 11.8. The highest BCUT2D eigenvalue weighted by molar-refractivity contribution is 5.93. The maximum absolute atomic E-state index is 11.8. The van der Waals surface area contributed by atoms with Crippen LogP contribution in [0.3, 0.4) is 0 Å². The standard InChI is InChI=1S/C13H20N4O2/c1-9(11(18)17-13(2,3)4)15-12(19)16-10-5-7-14-8-6-10/h5-9H,1-4H3,(H,17,18)(H2,14,15,16,19)/t9-/m0/s1. The van der Waals surface area contributed by atoms with E-state index in [1.165, 1.54) is 0 Å². The minimum Gasteiger partial charge on any atom is -0.350 e. The lowest BCUT2D eigenvalue weighted by Crippen LogP contribution is -2.51. The zero-order valence-electron chi connectivity index (χ0n) is 11.7. The van der Waals surface area contributed by atoms with Crippen molar-refractivity contribution in [1.82, 2.24) is 15.6 Å². The zero-order chi connectivity index (χ0) is 14.5. The molecule has 1 aromatic heterocycles. The summed E-state index contributed by atoms with van der Waals surface area (Å²) in [5.74, 6) is -0.225. The molecule has 3 amide bonds. The molecule has 1 heterocycles. The van der Waals surface area contributed by atoms with Gasteiger partial charge in [-0.2, -0.15) is 0 Å². The van der Waals surface area contributed by atoms with E-state index in [0.29, 0.717) is 5.69 Å². The summed E-state index contributed by atoms with van der Waals surface area (Å²) >= 11 is 0. The molecular weight excluding hydrogens is 244 g/mol. The first-order valence-electron chi connectivity index (χ1n) is 6.07. The molecular formula is C13H20N4O2. The van der Waals surface area contributed by atoms with Gasteiger partial charge in [0.1, 0.15) is 6.04 Å². The second-order valence-electron chi connectivity index (χ2n) is 5.30. The van der Waals surface area contributed by atoms with Gasteiger partial charge in [0.05, 0.1) is 0 Å². The van der Waals surface area contributed by atoms with Crippen molar-refractivity contribution in [2.45, 2.75) is 39.3 Å². The molecule has 6 nitrogen and oxygen atoms in total.